The number of aromatic nitrogens is 2. The van der Waals surface area contributed by atoms with Crippen LogP contribution in [0.1, 0.15) is 16.1 Å². The molecule has 0 spiro atoms. The lowest BCUT2D eigenvalue weighted by Gasteiger charge is -2.26. The normalized spacial score (nSPS) is 12.7. The Morgan fingerprint density at radius 3 is 2.58 bits per heavy atom. The largest absolute Gasteiger partial charge is 0.494 e. The molecule has 2 aromatic carbocycles. The smallest absolute Gasteiger partial charge is 0.251 e. The molecule has 0 fully saturated rings. The molecule has 2 heterocycles. The number of carbonyl (C=O) groups excluding carboxylic acids is 1. The maximum atomic E-state index is 13.7. The van der Waals surface area contributed by atoms with Crippen molar-refractivity contribution in [3.63, 3.8) is 0 Å². The molecule has 1 unspecified atom stereocenters. The van der Waals surface area contributed by atoms with Crippen LogP contribution in [0.3, 0.4) is 0 Å². The lowest BCUT2D eigenvalue weighted by molar-refractivity contribution is -0.0203. The SMILES string of the molecule is COc1ccc(C(O)(CO)CNC(=O)c2cc(OC)c3ncccc3c2)nc1-c1ccc(F)c(Cl)c1. The van der Waals surface area contributed by atoms with Crippen LogP contribution in [0.2, 0.25) is 5.02 Å². The number of carbonyl (C=O) groups is 1. The van der Waals surface area contributed by atoms with Gasteiger partial charge in [-0.1, -0.05) is 17.7 Å². The second-order valence-electron chi connectivity index (χ2n) is 8.00. The summed E-state index contributed by atoms with van der Waals surface area (Å²) in [6.45, 7) is -1.08. The summed E-state index contributed by atoms with van der Waals surface area (Å²) in [5, 5.41) is 24.5. The van der Waals surface area contributed by atoms with E-state index in [2.05, 4.69) is 15.3 Å². The van der Waals surface area contributed by atoms with Gasteiger partial charge in [-0.3, -0.25) is 9.78 Å². The third kappa shape index (κ3) is 4.94. The molecule has 4 aromatic rings. The van der Waals surface area contributed by atoms with Crippen LogP contribution in [0, 0.1) is 5.82 Å². The van der Waals surface area contributed by atoms with Crippen LogP contribution in [0.15, 0.2) is 60.8 Å². The summed E-state index contributed by atoms with van der Waals surface area (Å²) in [5.74, 6) is -0.311. The molecule has 0 saturated carbocycles. The number of nitrogens with zero attached hydrogens (tertiary/aromatic N) is 2. The van der Waals surface area contributed by atoms with Gasteiger partial charge in [-0.15, -0.1) is 0 Å². The molecule has 0 aliphatic heterocycles. The van der Waals surface area contributed by atoms with E-state index >= 15 is 0 Å². The van der Waals surface area contributed by atoms with Crippen molar-refractivity contribution in [2.75, 3.05) is 27.4 Å². The van der Waals surface area contributed by atoms with E-state index in [1.54, 1.807) is 36.5 Å². The summed E-state index contributed by atoms with van der Waals surface area (Å²) in [4.78, 5) is 21.7. The van der Waals surface area contributed by atoms with E-state index in [4.69, 9.17) is 21.1 Å². The first kappa shape index (κ1) is 25.3. The summed E-state index contributed by atoms with van der Waals surface area (Å²) < 4.78 is 24.4. The first-order valence-corrected chi connectivity index (χ1v) is 11.2. The van der Waals surface area contributed by atoms with Gasteiger partial charge >= 0.3 is 0 Å². The molecule has 3 N–H and O–H groups in total. The zero-order valence-electron chi connectivity index (χ0n) is 19.5. The Morgan fingerprint density at radius 1 is 1.11 bits per heavy atom. The molecule has 36 heavy (non-hydrogen) atoms. The van der Waals surface area contributed by atoms with Gasteiger partial charge in [-0.25, -0.2) is 9.37 Å². The Morgan fingerprint density at radius 2 is 1.89 bits per heavy atom. The monoisotopic (exact) mass is 511 g/mol. The highest BCUT2D eigenvalue weighted by molar-refractivity contribution is 6.31. The van der Waals surface area contributed by atoms with Gasteiger partial charge in [0.05, 0.1) is 38.1 Å². The van der Waals surface area contributed by atoms with Crippen molar-refractivity contribution in [3.8, 4) is 22.8 Å². The van der Waals surface area contributed by atoms with Gasteiger partial charge in [-0.2, -0.15) is 0 Å². The minimum atomic E-state index is -1.93. The van der Waals surface area contributed by atoms with Crippen LogP contribution in [0.4, 0.5) is 4.39 Å². The van der Waals surface area contributed by atoms with E-state index < -0.39 is 23.9 Å². The fraction of sp³-hybridized carbons (Fsp3) is 0.192. The van der Waals surface area contributed by atoms with Crippen LogP contribution in [0.5, 0.6) is 11.5 Å². The number of nitrogens with one attached hydrogen (secondary N) is 1. The highest BCUT2D eigenvalue weighted by Crippen LogP contribution is 2.33. The molecular formula is C26H23ClFN3O5. The molecule has 0 radical (unpaired) electrons. The predicted octanol–water partition coefficient (Wildman–Crippen LogP) is 3.72. The number of rotatable bonds is 8. The minimum absolute atomic E-state index is 0.0711. The van der Waals surface area contributed by atoms with E-state index in [0.717, 1.165) is 0 Å². The Kier molecular flexibility index (Phi) is 7.35. The molecule has 0 aliphatic carbocycles. The number of halogens is 2. The number of hydrogen-bond donors (Lipinski definition) is 3. The fourth-order valence-corrected chi connectivity index (χ4v) is 3.90. The van der Waals surface area contributed by atoms with Crippen LogP contribution in [-0.4, -0.2) is 53.5 Å². The molecule has 0 bridgehead atoms. The minimum Gasteiger partial charge on any atom is -0.494 e. The third-order valence-corrected chi connectivity index (χ3v) is 5.99. The van der Waals surface area contributed by atoms with Gasteiger partial charge in [0.1, 0.15) is 34.1 Å². The summed E-state index contributed by atoms with van der Waals surface area (Å²) >= 11 is 5.92. The van der Waals surface area contributed by atoms with Gasteiger partial charge in [-0.05, 0) is 48.5 Å². The molecule has 8 nitrogen and oxygen atoms in total. The van der Waals surface area contributed by atoms with E-state index in [1.165, 1.54) is 38.5 Å². The molecule has 4 rings (SSSR count). The van der Waals surface area contributed by atoms with Crippen molar-refractivity contribution in [1.29, 1.82) is 0 Å². The standard InChI is InChI=1S/C26H23ClFN3O5/c1-35-20-7-8-22(31-24(20)16-5-6-19(28)18(27)11-16)26(34,14-32)13-30-25(33)17-10-15-4-3-9-29-23(15)21(12-17)36-2/h3-12,32,34H,13-14H2,1-2H3,(H,30,33). The van der Waals surface area contributed by atoms with E-state index in [-0.39, 0.29) is 28.5 Å². The number of benzene rings is 2. The third-order valence-electron chi connectivity index (χ3n) is 5.70. The highest BCUT2D eigenvalue weighted by Gasteiger charge is 2.32. The predicted molar refractivity (Wildman–Crippen MR) is 133 cm³/mol. The zero-order valence-corrected chi connectivity index (χ0v) is 20.2. The molecule has 0 saturated heterocycles. The van der Waals surface area contributed by atoms with Crippen LogP contribution in [0.25, 0.3) is 22.2 Å². The van der Waals surface area contributed by atoms with Crippen LogP contribution < -0.4 is 14.8 Å². The Balaban J connectivity index is 1.62. The number of fused-ring (bicyclic) bond motifs is 1. The summed E-state index contributed by atoms with van der Waals surface area (Å²) in [7, 11) is 2.92. The number of aliphatic hydroxyl groups excluding tert-OH is 1. The van der Waals surface area contributed by atoms with Gasteiger partial charge < -0.3 is 25.0 Å². The van der Waals surface area contributed by atoms with Crippen molar-refractivity contribution < 1.29 is 28.9 Å². The molecule has 1 amide bonds. The van der Waals surface area contributed by atoms with E-state index in [9.17, 15) is 19.4 Å². The lowest BCUT2D eigenvalue weighted by atomic mass is 9.98. The quantitative estimate of drug-likeness (QED) is 0.330. The molecule has 0 aliphatic rings. The molecule has 1 atom stereocenters. The van der Waals surface area contributed by atoms with Crippen LogP contribution >= 0.6 is 11.6 Å². The summed E-state index contributed by atoms with van der Waals surface area (Å²) in [5.41, 5.74) is -0.232. The summed E-state index contributed by atoms with van der Waals surface area (Å²) in [6.07, 6.45) is 1.63. The van der Waals surface area contributed by atoms with Crippen molar-refractivity contribution in [1.82, 2.24) is 15.3 Å². The molecule has 186 valence electrons. The van der Waals surface area contributed by atoms with E-state index in [1.807, 2.05) is 0 Å². The average Bonchev–Trinajstić information content (AvgIpc) is 2.91. The topological polar surface area (TPSA) is 114 Å². The number of hydrogen-bond acceptors (Lipinski definition) is 7. The second-order valence-corrected chi connectivity index (χ2v) is 8.41. The van der Waals surface area contributed by atoms with Crippen molar-refractivity contribution in [2.45, 2.75) is 5.60 Å². The maximum absolute atomic E-state index is 13.7. The Bertz CT molecular complexity index is 1430. The number of methoxy groups -OCH3 is 2. The van der Waals surface area contributed by atoms with Gasteiger partial charge in [0.25, 0.3) is 5.91 Å². The number of ether oxygens (including phenoxy) is 2. The fourth-order valence-electron chi connectivity index (χ4n) is 3.72. The second kappa shape index (κ2) is 10.4. The van der Waals surface area contributed by atoms with E-state index in [0.29, 0.717) is 28.0 Å². The van der Waals surface area contributed by atoms with Crippen molar-refractivity contribution in [3.05, 3.63) is 82.9 Å². The molecule has 2 aromatic heterocycles. The highest BCUT2D eigenvalue weighted by atomic mass is 35.5. The number of aliphatic hydroxyl groups is 2. The number of amides is 1. The van der Waals surface area contributed by atoms with Crippen molar-refractivity contribution in [2.24, 2.45) is 0 Å². The summed E-state index contributed by atoms with van der Waals surface area (Å²) in [6, 6.07) is 13.8. The van der Waals surface area contributed by atoms with Gasteiger partial charge in [0, 0.05) is 22.7 Å². The lowest BCUT2D eigenvalue weighted by Crippen LogP contribution is -2.44. The first-order valence-electron chi connectivity index (χ1n) is 10.8. The first-order chi connectivity index (χ1) is 17.3. The van der Waals surface area contributed by atoms with Crippen molar-refractivity contribution >= 4 is 28.4 Å². The number of pyridine rings is 2. The Labute approximate surface area is 211 Å². The molecule has 10 heteroatoms. The molecular weight excluding hydrogens is 489 g/mol. The van der Waals surface area contributed by atoms with Gasteiger partial charge in [0.15, 0.2) is 0 Å². The average molecular weight is 512 g/mol. The van der Waals surface area contributed by atoms with Gasteiger partial charge in [0.2, 0.25) is 0 Å². The zero-order chi connectivity index (χ0) is 25.9. The Hall–Kier alpha value is -3.79. The maximum Gasteiger partial charge on any atom is 0.251 e. The van der Waals surface area contributed by atoms with Crippen LogP contribution in [-0.2, 0) is 5.60 Å².